The summed E-state index contributed by atoms with van der Waals surface area (Å²) in [7, 11) is 0. The van der Waals surface area contributed by atoms with Gasteiger partial charge in [-0.25, -0.2) is 4.79 Å². The fourth-order valence-electron chi connectivity index (χ4n) is 2.70. The number of carbonyl (C=O) groups excluding carboxylic acids is 2. The second-order valence-corrected chi connectivity index (χ2v) is 6.48. The lowest BCUT2D eigenvalue weighted by molar-refractivity contribution is -0.137. The van der Waals surface area contributed by atoms with Gasteiger partial charge in [0.2, 0.25) is 5.91 Å². The number of rotatable bonds is 6. The maximum Gasteiger partial charge on any atom is 0.335 e. The summed E-state index contributed by atoms with van der Waals surface area (Å²) in [5, 5.41) is 11.7. The van der Waals surface area contributed by atoms with E-state index in [0.29, 0.717) is 38.3 Å². The summed E-state index contributed by atoms with van der Waals surface area (Å²) in [5.74, 6) is -1.30. The van der Waals surface area contributed by atoms with E-state index in [9.17, 15) is 14.4 Å². The molecule has 1 fully saturated rings. The van der Waals surface area contributed by atoms with Gasteiger partial charge in [-0.15, -0.1) is 0 Å². The van der Waals surface area contributed by atoms with Gasteiger partial charge in [-0.3, -0.25) is 9.59 Å². The van der Waals surface area contributed by atoms with E-state index < -0.39 is 12.0 Å². The van der Waals surface area contributed by atoms with E-state index in [4.69, 9.17) is 9.84 Å². The Hall–Kier alpha value is -2.41. The van der Waals surface area contributed by atoms with Crippen LogP contribution in [0.5, 0.6) is 0 Å². The summed E-state index contributed by atoms with van der Waals surface area (Å²) in [5.41, 5.74) is 0.438. The summed E-state index contributed by atoms with van der Waals surface area (Å²) >= 11 is 0. The highest BCUT2D eigenvalue weighted by atomic mass is 16.5. The third kappa shape index (κ3) is 5.29. The first-order chi connectivity index (χ1) is 11.9. The zero-order chi connectivity index (χ0) is 18.4. The molecule has 0 bridgehead atoms. The first kappa shape index (κ1) is 18.9. The maximum atomic E-state index is 12.7. The van der Waals surface area contributed by atoms with Crippen LogP contribution in [-0.4, -0.2) is 60.1 Å². The van der Waals surface area contributed by atoms with Gasteiger partial charge in [-0.05, 0) is 36.6 Å². The van der Waals surface area contributed by atoms with Crippen LogP contribution in [-0.2, 0) is 9.53 Å². The van der Waals surface area contributed by atoms with Crippen LogP contribution in [0.2, 0.25) is 0 Å². The highest BCUT2D eigenvalue weighted by molar-refractivity contribution is 5.98. The van der Waals surface area contributed by atoms with Gasteiger partial charge >= 0.3 is 5.97 Å². The van der Waals surface area contributed by atoms with E-state index in [2.05, 4.69) is 5.32 Å². The largest absolute Gasteiger partial charge is 0.478 e. The predicted octanol–water partition coefficient (Wildman–Crippen LogP) is 1.39. The Morgan fingerprint density at radius 2 is 1.68 bits per heavy atom. The molecule has 2 rings (SSSR count). The van der Waals surface area contributed by atoms with Crippen LogP contribution in [0.1, 0.15) is 41.0 Å². The molecule has 25 heavy (non-hydrogen) atoms. The Kier molecular flexibility index (Phi) is 6.52. The van der Waals surface area contributed by atoms with Crippen molar-refractivity contribution in [1.82, 2.24) is 10.2 Å². The van der Waals surface area contributed by atoms with Crippen molar-refractivity contribution in [2.24, 2.45) is 5.92 Å². The first-order valence-corrected chi connectivity index (χ1v) is 8.39. The molecule has 0 aromatic heterocycles. The minimum absolute atomic E-state index is 0.104. The normalized spacial score (nSPS) is 15.7. The van der Waals surface area contributed by atoms with Gasteiger partial charge in [-0.1, -0.05) is 13.8 Å². The molecule has 1 aliphatic heterocycles. The van der Waals surface area contributed by atoms with Crippen LogP contribution in [0.15, 0.2) is 24.3 Å². The van der Waals surface area contributed by atoms with Crippen molar-refractivity contribution in [3.05, 3.63) is 35.4 Å². The number of benzene rings is 1. The molecule has 0 spiro atoms. The van der Waals surface area contributed by atoms with E-state index in [1.54, 1.807) is 4.90 Å². The van der Waals surface area contributed by atoms with Gasteiger partial charge in [-0.2, -0.15) is 0 Å². The number of hydrogen-bond donors (Lipinski definition) is 2. The summed E-state index contributed by atoms with van der Waals surface area (Å²) < 4.78 is 5.26. The molecular formula is C18H24N2O5. The summed E-state index contributed by atoms with van der Waals surface area (Å²) in [6.45, 7) is 6.05. The van der Waals surface area contributed by atoms with Gasteiger partial charge in [0.25, 0.3) is 5.91 Å². The molecule has 2 amide bonds. The topological polar surface area (TPSA) is 95.9 Å². The number of ether oxygens (including phenoxy) is 1. The van der Waals surface area contributed by atoms with Crippen molar-refractivity contribution in [3.8, 4) is 0 Å². The van der Waals surface area contributed by atoms with Gasteiger partial charge in [0, 0.05) is 18.7 Å². The number of nitrogens with one attached hydrogen (secondary N) is 1. The zero-order valence-electron chi connectivity index (χ0n) is 14.5. The third-order valence-electron chi connectivity index (χ3n) is 4.03. The van der Waals surface area contributed by atoms with E-state index in [1.807, 2.05) is 13.8 Å². The number of carboxylic acids is 1. The smallest absolute Gasteiger partial charge is 0.335 e. The molecule has 1 atom stereocenters. The van der Waals surface area contributed by atoms with Crippen LogP contribution in [0.4, 0.5) is 0 Å². The number of nitrogens with zero attached hydrogens (tertiary/aromatic N) is 1. The Labute approximate surface area is 147 Å². The summed E-state index contributed by atoms with van der Waals surface area (Å²) in [6.07, 6.45) is 0.537. The van der Waals surface area contributed by atoms with E-state index >= 15 is 0 Å². The van der Waals surface area contributed by atoms with Crippen molar-refractivity contribution < 1.29 is 24.2 Å². The molecule has 7 nitrogen and oxygen atoms in total. The van der Waals surface area contributed by atoms with Gasteiger partial charge in [0.15, 0.2) is 0 Å². The number of hydrogen-bond acceptors (Lipinski definition) is 4. The molecule has 1 heterocycles. The number of morpholine rings is 1. The maximum absolute atomic E-state index is 12.7. The molecular weight excluding hydrogens is 324 g/mol. The Bertz CT molecular complexity index is 621. The number of amides is 2. The van der Waals surface area contributed by atoms with Crippen LogP contribution < -0.4 is 5.32 Å². The van der Waals surface area contributed by atoms with E-state index in [0.717, 1.165) is 0 Å². The van der Waals surface area contributed by atoms with Gasteiger partial charge in [0.1, 0.15) is 6.04 Å². The molecule has 0 aliphatic carbocycles. The zero-order valence-corrected chi connectivity index (χ0v) is 14.5. The average Bonchev–Trinajstić information content (AvgIpc) is 2.61. The number of carbonyl (C=O) groups is 3. The quantitative estimate of drug-likeness (QED) is 0.810. The molecule has 136 valence electrons. The number of carboxylic acid groups (broad SMARTS) is 1. The average molecular weight is 348 g/mol. The molecule has 1 aromatic rings. The lowest BCUT2D eigenvalue weighted by atomic mass is 10.0. The minimum atomic E-state index is -1.05. The predicted molar refractivity (Wildman–Crippen MR) is 91.5 cm³/mol. The van der Waals surface area contributed by atoms with Crippen LogP contribution in [0.25, 0.3) is 0 Å². The molecule has 1 aliphatic rings. The molecule has 1 saturated heterocycles. The van der Waals surface area contributed by atoms with Crippen LogP contribution >= 0.6 is 0 Å². The van der Waals surface area contributed by atoms with Crippen molar-refractivity contribution in [1.29, 1.82) is 0 Å². The lowest BCUT2D eigenvalue weighted by Gasteiger charge is -2.31. The summed E-state index contributed by atoms with van der Waals surface area (Å²) in [4.78, 5) is 37.8. The van der Waals surface area contributed by atoms with E-state index in [1.165, 1.54) is 24.3 Å². The van der Waals surface area contributed by atoms with Gasteiger partial charge < -0.3 is 20.1 Å². The first-order valence-electron chi connectivity index (χ1n) is 8.39. The minimum Gasteiger partial charge on any atom is -0.478 e. The Morgan fingerprint density at radius 3 is 2.20 bits per heavy atom. The molecule has 0 saturated carbocycles. The second kappa shape index (κ2) is 8.62. The SMILES string of the molecule is CC(C)C[C@H](NC(=O)c1ccc(C(=O)O)cc1)C(=O)N1CCOCC1. The van der Waals surface area contributed by atoms with Crippen molar-refractivity contribution in [2.75, 3.05) is 26.3 Å². The van der Waals surface area contributed by atoms with Crippen LogP contribution in [0, 0.1) is 5.92 Å². The highest BCUT2D eigenvalue weighted by Crippen LogP contribution is 2.12. The van der Waals surface area contributed by atoms with Crippen molar-refractivity contribution in [2.45, 2.75) is 26.3 Å². The third-order valence-corrected chi connectivity index (χ3v) is 4.03. The fourth-order valence-corrected chi connectivity index (χ4v) is 2.70. The van der Waals surface area contributed by atoms with Crippen molar-refractivity contribution >= 4 is 17.8 Å². The van der Waals surface area contributed by atoms with Gasteiger partial charge in [0.05, 0.1) is 18.8 Å². The molecule has 0 radical (unpaired) electrons. The summed E-state index contributed by atoms with van der Waals surface area (Å²) in [6, 6.07) is 5.04. The monoisotopic (exact) mass is 348 g/mol. The highest BCUT2D eigenvalue weighted by Gasteiger charge is 2.28. The lowest BCUT2D eigenvalue weighted by Crippen LogP contribution is -2.52. The molecule has 2 N–H and O–H groups in total. The fraction of sp³-hybridized carbons (Fsp3) is 0.500. The standard InChI is InChI=1S/C18H24N2O5/c1-12(2)11-15(17(22)20-7-9-25-10-8-20)19-16(21)13-3-5-14(6-4-13)18(23)24/h3-6,12,15H,7-11H2,1-2H3,(H,19,21)(H,23,24)/t15-/m0/s1. The van der Waals surface area contributed by atoms with Crippen LogP contribution in [0.3, 0.4) is 0 Å². The Balaban J connectivity index is 2.08. The molecule has 0 unspecified atom stereocenters. The van der Waals surface area contributed by atoms with E-state index in [-0.39, 0.29) is 23.3 Å². The number of aromatic carboxylic acids is 1. The molecule has 1 aromatic carbocycles. The van der Waals surface area contributed by atoms with Crippen molar-refractivity contribution in [3.63, 3.8) is 0 Å². The molecule has 7 heteroatoms. The Morgan fingerprint density at radius 1 is 1.12 bits per heavy atom. The second-order valence-electron chi connectivity index (χ2n) is 6.48.